The van der Waals surface area contributed by atoms with Gasteiger partial charge in [-0.25, -0.2) is 4.98 Å². The quantitative estimate of drug-likeness (QED) is 0.520. The molecule has 1 aliphatic rings. The molecule has 2 heterocycles. The van der Waals surface area contributed by atoms with Crippen LogP contribution < -0.4 is 15.5 Å². The summed E-state index contributed by atoms with van der Waals surface area (Å²) in [6, 6.07) is 14.7. The number of hydrogen-bond donors (Lipinski definition) is 3. The number of aliphatic hydroxyl groups is 1. The van der Waals surface area contributed by atoms with E-state index in [0.29, 0.717) is 24.3 Å². The predicted octanol–water partition coefficient (Wildman–Crippen LogP) is 4.15. The zero-order chi connectivity index (χ0) is 20.9. The third kappa shape index (κ3) is 4.94. The molecule has 6 nitrogen and oxygen atoms in total. The summed E-state index contributed by atoms with van der Waals surface area (Å²) in [5.74, 6) is 3.17. The van der Waals surface area contributed by atoms with E-state index in [2.05, 4.69) is 53.9 Å². The monoisotopic (exact) mass is 408 g/mol. The van der Waals surface area contributed by atoms with Crippen LogP contribution >= 0.6 is 0 Å². The SMILES string of the molecule is CN(C)c1cc(NC2CCC(CNCc3ccc(CO)o3)CC2)nc2ccccc12. The second kappa shape index (κ2) is 9.49. The minimum absolute atomic E-state index is 0.0425. The highest BCUT2D eigenvalue weighted by Crippen LogP contribution is 2.30. The van der Waals surface area contributed by atoms with E-state index in [1.807, 2.05) is 18.2 Å². The van der Waals surface area contributed by atoms with Gasteiger partial charge in [0.1, 0.15) is 23.9 Å². The Hall–Kier alpha value is -2.57. The summed E-state index contributed by atoms with van der Waals surface area (Å²) >= 11 is 0. The highest BCUT2D eigenvalue weighted by Gasteiger charge is 2.21. The molecule has 1 aromatic carbocycles. The molecule has 1 aliphatic carbocycles. The van der Waals surface area contributed by atoms with Gasteiger partial charge in [-0.2, -0.15) is 0 Å². The van der Waals surface area contributed by atoms with Gasteiger partial charge in [0.2, 0.25) is 0 Å². The van der Waals surface area contributed by atoms with Crippen molar-refractivity contribution in [3.63, 3.8) is 0 Å². The summed E-state index contributed by atoms with van der Waals surface area (Å²) in [7, 11) is 4.16. The van der Waals surface area contributed by atoms with Gasteiger partial charge in [0.05, 0.1) is 12.1 Å². The summed E-state index contributed by atoms with van der Waals surface area (Å²) in [5, 5.41) is 17.4. The van der Waals surface area contributed by atoms with E-state index in [0.717, 1.165) is 36.5 Å². The molecule has 0 aliphatic heterocycles. The molecule has 4 rings (SSSR count). The van der Waals surface area contributed by atoms with Crippen molar-refractivity contribution >= 4 is 22.4 Å². The van der Waals surface area contributed by atoms with Gasteiger partial charge >= 0.3 is 0 Å². The van der Waals surface area contributed by atoms with Crippen LogP contribution in [0.2, 0.25) is 0 Å². The number of benzene rings is 1. The van der Waals surface area contributed by atoms with Crippen molar-refractivity contribution in [2.45, 2.75) is 44.9 Å². The Morgan fingerprint density at radius 1 is 1.07 bits per heavy atom. The smallest absolute Gasteiger partial charge is 0.129 e. The average molecular weight is 409 g/mol. The molecule has 0 saturated heterocycles. The van der Waals surface area contributed by atoms with Gasteiger partial charge in [-0.05, 0) is 56.3 Å². The maximum Gasteiger partial charge on any atom is 0.129 e. The molecule has 0 spiro atoms. The topological polar surface area (TPSA) is 73.6 Å². The molecular weight excluding hydrogens is 376 g/mol. The summed E-state index contributed by atoms with van der Waals surface area (Å²) in [6.07, 6.45) is 4.73. The van der Waals surface area contributed by atoms with Gasteiger partial charge in [-0.3, -0.25) is 0 Å². The lowest BCUT2D eigenvalue weighted by Gasteiger charge is -2.30. The van der Waals surface area contributed by atoms with Gasteiger partial charge in [-0.1, -0.05) is 18.2 Å². The molecule has 30 heavy (non-hydrogen) atoms. The van der Waals surface area contributed by atoms with Crippen molar-refractivity contribution in [1.82, 2.24) is 10.3 Å². The fourth-order valence-electron chi connectivity index (χ4n) is 4.32. The first kappa shape index (κ1) is 20.7. The van der Waals surface area contributed by atoms with Crippen molar-refractivity contribution < 1.29 is 9.52 Å². The Bertz CT molecular complexity index is 961. The van der Waals surface area contributed by atoms with Crippen molar-refractivity contribution in [1.29, 1.82) is 0 Å². The molecule has 6 heteroatoms. The van der Waals surface area contributed by atoms with Gasteiger partial charge in [0.15, 0.2) is 0 Å². The minimum atomic E-state index is -0.0425. The second-order valence-corrected chi connectivity index (χ2v) is 8.46. The highest BCUT2D eigenvalue weighted by molar-refractivity contribution is 5.93. The number of para-hydroxylation sites is 1. The zero-order valence-corrected chi connectivity index (χ0v) is 17.9. The third-order valence-corrected chi connectivity index (χ3v) is 5.98. The van der Waals surface area contributed by atoms with Crippen LogP contribution in [-0.4, -0.2) is 36.8 Å². The predicted molar refractivity (Wildman–Crippen MR) is 122 cm³/mol. The van der Waals surface area contributed by atoms with Crippen LogP contribution in [0, 0.1) is 5.92 Å². The summed E-state index contributed by atoms with van der Waals surface area (Å²) in [5.41, 5.74) is 2.23. The normalized spacial score (nSPS) is 19.2. The molecule has 0 atom stereocenters. The number of aliphatic hydroxyl groups excluding tert-OH is 1. The Morgan fingerprint density at radius 2 is 1.83 bits per heavy atom. The summed E-state index contributed by atoms with van der Waals surface area (Å²) < 4.78 is 5.53. The minimum Gasteiger partial charge on any atom is -0.462 e. The molecule has 3 N–H and O–H groups in total. The molecule has 2 aromatic heterocycles. The van der Waals surface area contributed by atoms with Crippen LogP contribution in [0.25, 0.3) is 10.9 Å². The van der Waals surface area contributed by atoms with E-state index in [9.17, 15) is 0 Å². The Kier molecular flexibility index (Phi) is 6.55. The Labute approximate surface area is 178 Å². The van der Waals surface area contributed by atoms with E-state index in [4.69, 9.17) is 14.5 Å². The molecular formula is C24H32N4O2. The van der Waals surface area contributed by atoms with Crippen LogP contribution in [0.1, 0.15) is 37.2 Å². The van der Waals surface area contributed by atoms with Gasteiger partial charge in [0.25, 0.3) is 0 Å². The molecule has 0 radical (unpaired) electrons. The van der Waals surface area contributed by atoms with Crippen LogP contribution in [0.4, 0.5) is 11.5 Å². The Balaban J connectivity index is 1.28. The molecule has 160 valence electrons. The number of aromatic nitrogens is 1. The Morgan fingerprint density at radius 3 is 2.57 bits per heavy atom. The number of hydrogen-bond acceptors (Lipinski definition) is 6. The molecule has 0 bridgehead atoms. The average Bonchev–Trinajstić information content (AvgIpc) is 3.22. The zero-order valence-electron chi connectivity index (χ0n) is 17.9. The highest BCUT2D eigenvalue weighted by atomic mass is 16.4. The fourth-order valence-corrected chi connectivity index (χ4v) is 4.32. The van der Waals surface area contributed by atoms with Crippen molar-refractivity contribution in [3.05, 3.63) is 54.0 Å². The van der Waals surface area contributed by atoms with Crippen molar-refractivity contribution in [2.24, 2.45) is 5.92 Å². The number of nitrogens with zero attached hydrogens (tertiary/aromatic N) is 2. The number of rotatable bonds is 8. The number of fused-ring (bicyclic) bond motifs is 1. The number of nitrogens with one attached hydrogen (secondary N) is 2. The van der Waals surface area contributed by atoms with Crippen LogP contribution in [0.15, 0.2) is 46.9 Å². The van der Waals surface area contributed by atoms with Crippen molar-refractivity contribution in [2.75, 3.05) is 30.9 Å². The van der Waals surface area contributed by atoms with Crippen molar-refractivity contribution in [3.8, 4) is 0 Å². The number of furan rings is 1. The van der Waals surface area contributed by atoms with E-state index >= 15 is 0 Å². The maximum absolute atomic E-state index is 9.08. The van der Waals surface area contributed by atoms with E-state index in [1.54, 1.807) is 0 Å². The maximum atomic E-state index is 9.08. The summed E-state index contributed by atoms with van der Waals surface area (Å²) in [6.45, 7) is 1.67. The summed E-state index contributed by atoms with van der Waals surface area (Å²) in [4.78, 5) is 7.00. The van der Waals surface area contributed by atoms with Gasteiger partial charge in [-0.15, -0.1) is 0 Å². The van der Waals surface area contributed by atoms with Gasteiger partial charge in [0, 0.05) is 37.3 Å². The van der Waals surface area contributed by atoms with E-state index in [-0.39, 0.29) is 6.61 Å². The van der Waals surface area contributed by atoms with Crippen LogP contribution in [0.3, 0.4) is 0 Å². The fraction of sp³-hybridized carbons (Fsp3) is 0.458. The molecule has 1 fully saturated rings. The van der Waals surface area contributed by atoms with Crippen LogP contribution in [-0.2, 0) is 13.2 Å². The molecule has 0 unspecified atom stereocenters. The van der Waals surface area contributed by atoms with E-state index < -0.39 is 0 Å². The lowest BCUT2D eigenvalue weighted by molar-refractivity contribution is 0.242. The lowest BCUT2D eigenvalue weighted by atomic mass is 9.86. The largest absolute Gasteiger partial charge is 0.462 e. The number of pyridine rings is 1. The third-order valence-electron chi connectivity index (χ3n) is 5.98. The van der Waals surface area contributed by atoms with Gasteiger partial charge < -0.3 is 25.1 Å². The first-order valence-electron chi connectivity index (χ1n) is 10.8. The number of anilines is 2. The molecule has 3 aromatic rings. The standard InChI is InChI=1S/C24H32N4O2/c1-28(2)23-13-24(27-22-6-4-3-5-21(22)23)26-18-9-7-17(8-10-18)14-25-15-19-11-12-20(16-29)30-19/h3-6,11-13,17-18,25,29H,7-10,14-16H2,1-2H3,(H,26,27). The van der Waals surface area contributed by atoms with Crippen LogP contribution in [0.5, 0.6) is 0 Å². The second-order valence-electron chi connectivity index (χ2n) is 8.46. The lowest BCUT2D eigenvalue weighted by Crippen LogP contribution is -2.31. The molecule has 0 amide bonds. The molecule has 1 saturated carbocycles. The van der Waals surface area contributed by atoms with E-state index in [1.165, 1.54) is 23.9 Å². The first-order valence-corrected chi connectivity index (χ1v) is 10.8. The first-order chi connectivity index (χ1) is 14.6.